The van der Waals surface area contributed by atoms with Crippen molar-refractivity contribution >= 4 is 46.6 Å². The summed E-state index contributed by atoms with van der Waals surface area (Å²) in [6, 6.07) is 15.3. The second-order valence-electron chi connectivity index (χ2n) is 6.78. The molecule has 0 bridgehead atoms. The molecule has 2 amide bonds. The topological polar surface area (TPSA) is 93.3 Å². The molecule has 1 N–H and O–H groups in total. The van der Waals surface area contributed by atoms with Gasteiger partial charge in [0.05, 0.1) is 22.5 Å². The molecule has 0 saturated heterocycles. The van der Waals surface area contributed by atoms with E-state index in [1.54, 1.807) is 72.5 Å². The number of amides is 2. The van der Waals surface area contributed by atoms with Crippen LogP contribution in [0.5, 0.6) is 0 Å². The number of hydrogen-bond acceptors (Lipinski definition) is 6. The van der Waals surface area contributed by atoms with E-state index in [2.05, 4.69) is 15.5 Å². The Morgan fingerprint density at radius 2 is 1.97 bits per heavy atom. The molecule has 10 heteroatoms. The van der Waals surface area contributed by atoms with Crippen LogP contribution in [0.4, 0.5) is 11.4 Å². The van der Waals surface area contributed by atoms with Gasteiger partial charge < -0.3 is 19.2 Å². The second kappa shape index (κ2) is 9.29. The van der Waals surface area contributed by atoms with Crippen molar-refractivity contribution in [3.63, 3.8) is 0 Å². The number of nitrogens with zero attached hydrogens (tertiary/aromatic N) is 4. The van der Waals surface area contributed by atoms with Crippen LogP contribution in [0, 0.1) is 0 Å². The Bertz CT molecular complexity index is 1270. The predicted octanol–water partition coefficient (Wildman–Crippen LogP) is 4.74. The number of rotatable bonds is 6. The molecule has 0 saturated carbocycles. The van der Waals surface area contributed by atoms with E-state index >= 15 is 0 Å². The van der Waals surface area contributed by atoms with Crippen LogP contribution in [0.2, 0.25) is 5.02 Å². The van der Waals surface area contributed by atoms with Crippen molar-refractivity contribution in [3.8, 4) is 0 Å². The molecular formula is C22H18ClN5O3S. The zero-order valence-corrected chi connectivity index (χ0v) is 18.7. The Balaban J connectivity index is 1.53. The number of carbonyl (C=O) groups excluding carboxylic acids is 2. The average molecular weight is 468 g/mol. The van der Waals surface area contributed by atoms with Crippen molar-refractivity contribution in [1.82, 2.24) is 14.8 Å². The fourth-order valence-electron chi connectivity index (χ4n) is 2.96. The standard InChI is InChI=1S/C22H18ClN5O3S/c1-27-13-24-26-22(27)32-19-10-9-14(12-16(19)23)25-20(29)15-6-3-4-7-17(15)28(2)21(30)18-8-5-11-31-18/h3-13H,1-2H3,(H,25,29). The van der Waals surface area contributed by atoms with E-state index in [1.807, 2.05) is 7.05 Å². The molecule has 0 radical (unpaired) electrons. The van der Waals surface area contributed by atoms with Crippen LogP contribution < -0.4 is 10.2 Å². The van der Waals surface area contributed by atoms with E-state index in [4.69, 9.17) is 16.0 Å². The molecule has 0 atom stereocenters. The molecule has 2 heterocycles. The highest BCUT2D eigenvalue weighted by Gasteiger charge is 2.21. The largest absolute Gasteiger partial charge is 0.459 e. The number of nitrogens with one attached hydrogen (secondary N) is 1. The van der Waals surface area contributed by atoms with Gasteiger partial charge in [0.15, 0.2) is 10.9 Å². The summed E-state index contributed by atoms with van der Waals surface area (Å²) in [6.45, 7) is 0. The first kappa shape index (κ1) is 21.7. The second-order valence-corrected chi connectivity index (χ2v) is 8.20. The first-order valence-corrected chi connectivity index (χ1v) is 10.7. The minimum Gasteiger partial charge on any atom is -0.459 e. The Kier molecular flexibility index (Phi) is 6.29. The summed E-state index contributed by atoms with van der Waals surface area (Å²) < 4.78 is 6.97. The summed E-state index contributed by atoms with van der Waals surface area (Å²) in [7, 11) is 3.43. The molecular weight excluding hydrogens is 450 g/mol. The van der Waals surface area contributed by atoms with Crippen molar-refractivity contribution in [2.45, 2.75) is 10.1 Å². The minimum absolute atomic E-state index is 0.186. The lowest BCUT2D eigenvalue weighted by molar-refractivity contribution is 0.0966. The van der Waals surface area contributed by atoms with Crippen LogP contribution in [-0.2, 0) is 7.05 Å². The number of hydrogen-bond donors (Lipinski definition) is 1. The van der Waals surface area contributed by atoms with Crippen LogP contribution in [0.1, 0.15) is 20.9 Å². The summed E-state index contributed by atoms with van der Waals surface area (Å²) in [5.41, 5.74) is 1.31. The van der Waals surface area contributed by atoms with E-state index in [-0.39, 0.29) is 17.6 Å². The van der Waals surface area contributed by atoms with Gasteiger partial charge in [0.1, 0.15) is 6.33 Å². The van der Waals surface area contributed by atoms with Gasteiger partial charge in [-0.2, -0.15) is 0 Å². The van der Waals surface area contributed by atoms with Crippen molar-refractivity contribution in [2.24, 2.45) is 7.05 Å². The van der Waals surface area contributed by atoms with Crippen molar-refractivity contribution < 1.29 is 14.0 Å². The van der Waals surface area contributed by atoms with Gasteiger partial charge in [-0.3, -0.25) is 9.59 Å². The Hall–Kier alpha value is -3.56. The molecule has 2 aromatic heterocycles. The summed E-state index contributed by atoms with van der Waals surface area (Å²) >= 11 is 7.79. The molecule has 0 spiro atoms. The van der Waals surface area contributed by atoms with Gasteiger partial charge in [-0.1, -0.05) is 23.7 Å². The zero-order chi connectivity index (χ0) is 22.7. The number of para-hydroxylation sites is 1. The quantitative estimate of drug-likeness (QED) is 0.440. The Morgan fingerprint density at radius 1 is 1.16 bits per heavy atom. The molecule has 0 aliphatic rings. The lowest BCUT2D eigenvalue weighted by atomic mass is 10.1. The van der Waals surface area contributed by atoms with Gasteiger partial charge in [-0.15, -0.1) is 10.2 Å². The van der Waals surface area contributed by atoms with Gasteiger partial charge in [0.25, 0.3) is 11.8 Å². The van der Waals surface area contributed by atoms with Crippen LogP contribution in [0.25, 0.3) is 0 Å². The van der Waals surface area contributed by atoms with Gasteiger partial charge >= 0.3 is 0 Å². The third-order valence-corrected chi connectivity index (χ3v) is 6.16. The van der Waals surface area contributed by atoms with Crippen molar-refractivity contribution in [3.05, 3.63) is 83.5 Å². The number of aryl methyl sites for hydroxylation is 1. The summed E-state index contributed by atoms with van der Waals surface area (Å²) in [5.74, 6) is -0.543. The molecule has 0 fully saturated rings. The highest BCUT2D eigenvalue weighted by molar-refractivity contribution is 7.99. The van der Waals surface area contributed by atoms with E-state index in [9.17, 15) is 9.59 Å². The van der Waals surface area contributed by atoms with Crippen LogP contribution in [0.15, 0.2) is 81.7 Å². The number of furan rings is 1. The van der Waals surface area contributed by atoms with E-state index in [1.165, 1.54) is 22.9 Å². The lowest BCUT2D eigenvalue weighted by Crippen LogP contribution is -2.28. The molecule has 4 rings (SSSR count). The fraction of sp³-hybridized carbons (Fsp3) is 0.0909. The number of halogens is 1. The van der Waals surface area contributed by atoms with Crippen LogP contribution in [0.3, 0.4) is 0 Å². The molecule has 32 heavy (non-hydrogen) atoms. The third kappa shape index (κ3) is 4.53. The molecule has 0 aliphatic carbocycles. The maximum atomic E-state index is 13.0. The summed E-state index contributed by atoms with van der Waals surface area (Å²) in [5, 5.41) is 11.9. The smallest absolute Gasteiger partial charge is 0.293 e. The van der Waals surface area contributed by atoms with Crippen molar-refractivity contribution in [1.29, 1.82) is 0 Å². The highest BCUT2D eigenvalue weighted by Crippen LogP contribution is 2.34. The normalized spacial score (nSPS) is 10.7. The lowest BCUT2D eigenvalue weighted by Gasteiger charge is -2.19. The fourth-order valence-corrected chi connectivity index (χ4v) is 4.02. The number of benzene rings is 2. The van der Waals surface area contributed by atoms with Gasteiger partial charge in [0, 0.05) is 24.7 Å². The monoisotopic (exact) mass is 467 g/mol. The number of anilines is 2. The predicted molar refractivity (Wildman–Crippen MR) is 122 cm³/mol. The van der Waals surface area contributed by atoms with E-state index in [0.717, 1.165) is 4.90 Å². The Labute approximate surface area is 193 Å². The van der Waals surface area contributed by atoms with Crippen LogP contribution >= 0.6 is 23.4 Å². The van der Waals surface area contributed by atoms with Gasteiger partial charge in [-0.05, 0) is 54.2 Å². The van der Waals surface area contributed by atoms with E-state index < -0.39 is 0 Å². The molecule has 162 valence electrons. The molecule has 4 aromatic rings. The Morgan fingerprint density at radius 3 is 2.66 bits per heavy atom. The number of carbonyl (C=O) groups is 2. The van der Waals surface area contributed by atoms with Gasteiger partial charge in [0.2, 0.25) is 0 Å². The number of aromatic nitrogens is 3. The maximum absolute atomic E-state index is 13.0. The third-order valence-electron chi connectivity index (χ3n) is 4.61. The molecule has 0 aliphatic heterocycles. The molecule has 8 nitrogen and oxygen atoms in total. The van der Waals surface area contributed by atoms with E-state index in [0.29, 0.717) is 27.1 Å². The van der Waals surface area contributed by atoms with Crippen LogP contribution in [-0.4, -0.2) is 33.6 Å². The van der Waals surface area contributed by atoms with Gasteiger partial charge in [-0.25, -0.2) is 0 Å². The highest BCUT2D eigenvalue weighted by atomic mass is 35.5. The minimum atomic E-state index is -0.371. The first-order chi connectivity index (χ1) is 15.4. The van der Waals surface area contributed by atoms with Crippen molar-refractivity contribution in [2.75, 3.05) is 17.3 Å². The molecule has 0 unspecified atom stereocenters. The first-order valence-electron chi connectivity index (χ1n) is 9.47. The maximum Gasteiger partial charge on any atom is 0.293 e. The molecule has 2 aromatic carbocycles. The average Bonchev–Trinajstić information content (AvgIpc) is 3.47. The summed E-state index contributed by atoms with van der Waals surface area (Å²) in [4.78, 5) is 27.8. The summed E-state index contributed by atoms with van der Waals surface area (Å²) in [6.07, 6.45) is 3.03. The zero-order valence-electron chi connectivity index (χ0n) is 17.2. The SMILES string of the molecule is CN(C(=O)c1ccco1)c1ccccc1C(=O)Nc1ccc(Sc2nncn2C)c(Cl)c1.